The van der Waals surface area contributed by atoms with Gasteiger partial charge in [-0.05, 0) is 33.1 Å². The Hall–Kier alpha value is -0.560. The Morgan fingerprint density at radius 2 is 0.714 bits per heavy atom. The zero-order chi connectivity index (χ0) is 15.0. The molecule has 2 rings (SSSR count). The third kappa shape index (κ3) is 4.71. The summed E-state index contributed by atoms with van der Waals surface area (Å²) in [6, 6.07) is 17.9. The predicted octanol–water partition coefficient (Wildman–Crippen LogP) is 5.57. The molecule has 0 N–H and O–H groups in total. The first-order valence-corrected chi connectivity index (χ1v) is 7.39. The van der Waals surface area contributed by atoms with E-state index in [0.29, 0.717) is 0 Å². The van der Waals surface area contributed by atoms with Gasteiger partial charge in [-0.15, -0.1) is 0 Å². The van der Waals surface area contributed by atoms with E-state index in [1.807, 2.05) is 0 Å². The molecule has 2 aromatic rings. The maximum absolute atomic E-state index is 2.25. The van der Waals surface area contributed by atoms with Gasteiger partial charge in [0, 0.05) is 29.6 Å². The van der Waals surface area contributed by atoms with Crippen molar-refractivity contribution in [2.45, 2.75) is 52.4 Å². The largest absolute Gasteiger partial charge is 0.0579 e. The Morgan fingerprint density at radius 3 is 0.905 bits per heavy atom. The fourth-order valence-corrected chi connectivity index (χ4v) is 2.33. The van der Waals surface area contributed by atoms with E-state index in [2.05, 4.69) is 90.1 Å². The molecular weight excluding hydrogens is 263 g/mol. The van der Waals surface area contributed by atoms with Crippen LogP contribution < -0.4 is 0 Å². The molecule has 0 unspecified atom stereocenters. The van der Waals surface area contributed by atoms with Gasteiger partial charge in [-0.1, -0.05) is 90.1 Å². The Labute approximate surface area is 152 Å². The van der Waals surface area contributed by atoms with Gasteiger partial charge in [0.15, 0.2) is 0 Å². The van der Waals surface area contributed by atoms with E-state index in [1.165, 1.54) is 22.3 Å². The standard InChI is InChI=1S/C20H26.Na/c1-19(2,3)17-11-7-15(8-12-17)16-9-13-18(14-10-16)20(4,5)6;/h7-14H,1-6H3;. The maximum atomic E-state index is 2.25. The summed E-state index contributed by atoms with van der Waals surface area (Å²) < 4.78 is 0. The van der Waals surface area contributed by atoms with E-state index in [4.69, 9.17) is 0 Å². The molecule has 0 atom stereocenters. The summed E-state index contributed by atoms with van der Waals surface area (Å²) in [7, 11) is 0. The molecule has 0 fully saturated rings. The molecule has 0 aliphatic heterocycles. The molecule has 0 aliphatic carbocycles. The second kappa shape index (κ2) is 6.69. The second-order valence-electron chi connectivity index (χ2n) is 7.65. The van der Waals surface area contributed by atoms with Gasteiger partial charge in [-0.2, -0.15) is 0 Å². The van der Waals surface area contributed by atoms with Gasteiger partial charge >= 0.3 is 0 Å². The molecule has 0 nitrogen and oxygen atoms in total. The Bertz CT molecular complexity index is 508. The molecular formula is C20H26Na. The van der Waals surface area contributed by atoms with Gasteiger partial charge in [0.25, 0.3) is 0 Å². The van der Waals surface area contributed by atoms with Gasteiger partial charge in [0.2, 0.25) is 0 Å². The topological polar surface area (TPSA) is 0 Å². The van der Waals surface area contributed by atoms with Crippen molar-refractivity contribution in [3.8, 4) is 11.1 Å². The van der Waals surface area contributed by atoms with Gasteiger partial charge in [0.05, 0.1) is 0 Å². The first kappa shape index (κ1) is 18.5. The number of hydrogen-bond donors (Lipinski definition) is 0. The first-order chi connectivity index (χ1) is 9.18. The fourth-order valence-electron chi connectivity index (χ4n) is 2.33. The fraction of sp³-hybridized carbons (Fsp3) is 0.400. The molecule has 0 amide bonds. The summed E-state index contributed by atoms with van der Waals surface area (Å²) in [6.07, 6.45) is 0. The molecule has 0 aliphatic rings. The van der Waals surface area contributed by atoms with Crippen molar-refractivity contribution < 1.29 is 0 Å². The molecule has 0 spiro atoms. The zero-order valence-electron chi connectivity index (χ0n) is 14.6. The third-order valence-electron chi connectivity index (χ3n) is 3.84. The van der Waals surface area contributed by atoms with Crippen LogP contribution in [0.5, 0.6) is 0 Å². The Morgan fingerprint density at radius 1 is 0.476 bits per heavy atom. The van der Waals surface area contributed by atoms with Crippen LogP contribution in [0.3, 0.4) is 0 Å². The van der Waals surface area contributed by atoms with Gasteiger partial charge < -0.3 is 0 Å². The summed E-state index contributed by atoms with van der Waals surface area (Å²) in [6.45, 7) is 13.5. The minimum atomic E-state index is 0. The molecule has 0 saturated heterocycles. The van der Waals surface area contributed by atoms with Crippen LogP contribution in [-0.4, -0.2) is 29.6 Å². The van der Waals surface area contributed by atoms with Crippen molar-refractivity contribution >= 4 is 29.6 Å². The van der Waals surface area contributed by atoms with E-state index in [9.17, 15) is 0 Å². The minimum absolute atomic E-state index is 0. The number of hydrogen-bond acceptors (Lipinski definition) is 0. The molecule has 0 heterocycles. The molecule has 0 aromatic heterocycles. The molecule has 0 saturated carbocycles. The van der Waals surface area contributed by atoms with Crippen LogP contribution in [0.2, 0.25) is 0 Å². The van der Waals surface area contributed by atoms with Crippen molar-refractivity contribution in [3.05, 3.63) is 59.7 Å². The molecule has 21 heavy (non-hydrogen) atoms. The average Bonchev–Trinajstić information content (AvgIpc) is 2.37. The number of benzene rings is 2. The second-order valence-corrected chi connectivity index (χ2v) is 7.65. The van der Waals surface area contributed by atoms with Crippen molar-refractivity contribution in [2.24, 2.45) is 0 Å². The Kier molecular flexibility index (Phi) is 5.89. The van der Waals surface area contributed by atoms with Crippen molar-refractivity contribution in [1.82, 2.24) is 0 Å². The van der Waals surface area contributed by atoms with Crippen LogP contribution in [0.1, 0.15) is 52.7 Å². The summed E-state index contributed by atoms with van der Waals surface area (Å²) in [4.78, 5) is 0. The molecule has 1 heteroatoms. The van der Waals surface area contributed by atoms with Crippen LogP contribution in [-0.2, 0) is 10.8 Å². The normalized spacial score (nSPS) is 11.9. The summed E-state index contributed by atoms with van der Waals surface area (Å²) in [5.74, 6) is 0. The van der Waals surface area contributed by atoms with Gasteiger partial charge in [-0.25, -0.2) is 0 Å². The van der Waals surface area contributed by atoms with Crippen molar-refractivity contribution in [3.63, 3.8) is 0 Å². The average molecular weight is 289 g/mol. The SMILES string of the molecule is CC(C)(C)c1ccc(-c2ccc(C(C)(C)C)cc2)cc1.[Na]. The van der Waals surface area contributed by atoms with Crippen LogP contribution in [0.15, 0.2) is 48.5 Å². The number of rotatable bonds is 1. The molecule has 107 valence electrons. The Balaban J connectivity index is 0.00000220. The van der Waals surface area contributed by atoms with Gasteiger partial charge in [0.1, 0.15) is 0 Å². The maximum Gasteiger partial charge on any atom is 0 e. The third-order valence-corrected chi connectivity index (χ3v) is 3.84. The van der Waals surface area contributed by atoms with E-state index < -0.39 is 0 Å². The predicted molar refractivity (Wildman–Crippen MR) is 95.0 cm³/mol. The van der Waals surface area contributed by atoms with E-state index >= 15 is 0 Å². The van der Waals surface area contributed by atoms with Crippen molar-refractivity contribution in [2.75, 3.05) is 0 Å². The van der Waals surface area contributed by atoms with E-state index in [-0.39, 0.29) is 40.4 Å². The summed E-state index contributed by atoms with van der Waals surface area (Å²) in [5.41, 5.74) is 5.78. The summed E-state index contributed by atoms with van der Waals surface area (Å²) >= 11 is 0. The monoisotopic (exact) mass is 289 g/mol. The van der Waals surface area contributed by atoms with Crippen LogP contribution >= 0.6 is 0 Å². The first-order valence-electron chi connectivity index (χ1n) is 7.39. The molecule has 0 bridgehead atoms. The van der Waals surface area contributed by atoms with Crippen molar-refractivity contribution in [1.29, 1.82) is 0 Å². The van der Waals surface area contributed by atoms with Crippen LogP contribution in [0, 0.1) is 0 Å². The minimum Gasteiger partial charge on any atom is -0.0579 e. The van der Waals surface area contributed by atoms with E-state index in [1.54, 1.807) is 0 Å². The van der Waals surface area contributed by atoms with Crippen LogP contribution in [0.25, 0.3) is 11.1 Å². The van der Waals surface area contributed by atoms with E-state index in [0.717, 1.165) is 0 Å². The molecule has 2 aromatic carbocycles. The quantitative estimate of drug-likeness (QED) is 0.602. The summed E-state index contributed by atoms with van der Waals surface area (Å²) in [5, 5.41) is 0. The van der Waals surface area contributed by atoms with Crippen LogP contribution in [0.4, 0.5) is 0 Å². The smallest absolute Gasteiger partial charge is 0 e. The zero-order valence-corrected chi connectivity index (χ0v) is 16.6. The van der Waals surface area contributed by atoms with Gasteiger partial charge in [-0.3, -0.25) is 0 Å². The molecule has 1 radical (unpaired) electrons.